The molecular weight excluding hydrogens is 230 g/mol. The van der Waals surface area contributed by atoms with Gasteiger partial charge in [0.1, 0.15) is 0 Å². The fourth-order valence-corrected chi connectivity index (χ4v) is 1.57. The van der Waals surface area contributed by atoms with Crippen LogP contribution >= 0.6 is 11.6 Å². The summed E-state index contributed by atoms with van der Waals surface area (Å²) >= 11 is 5.96. The maximum atomic E-state index is 10.3. The van der Waals surface area contributed by atoms with Gasteiger partial charge in [0.05, 0.1) is 23.2 Å². The smallest absolute Gasteiger partial charge is 0.306 e. The van der Waals surface area contributed by atoms with Gasteiger partial charge in [-0.3, -0.25) is 4.79 Å². The number of aliphatic carboxylic acids is 1. The number of halogens is 1. The molecule has 1 aromatic carbocycles. The third-order valence-electron chi connectivity index (χ3n) is 2.06. The SMILES string of the molecule is Cc1ccc(NCC(O)CC(=O)O)c(Cl)c1. The topological polar surface area (TPSA) is 69.6 Å². The number of carbonyl (C=O) groups is 1. The molecule has 1 rings (SSSR count). The normalized spacial score (nSPS) is 12.2. The zero-order chi connectivity index (χ0) is 12.1. The predicted octanol–water partition coefficient (Wildman–Crippen LogP) is 1.90. The Morgan fingerprint density at radius 1 is 1.56 bits per heavy atom. The van der Waals surface area contributed by atoms with E-state index in [4.69, 9.17) is 16.7 Å². The van der Waals surface area contributed by atoms with Crippen molar-refractivity contribution < 1.29 is 15.0 Å². The zero-order valence-corrected chi connectivity index (χ0v) is 9.66. The second kappa shape index (κ2) is 5.72. The fraction of sp³-hybridized carbons (Fsp3) is 0.364. The van der Waals surface area contributed by atoms with Crippen molar-refractivity contribution in [3.05, 3.63) is 28.8 Å². The van der Waals surface area contributed by atoms with Gasteiger partial charge in [-0.15, -0.1) is 0 Å². The number of anilines is 1. The van der Waals surface area contributed by atoms with E-state index >= 15 is 0 Å². The molecule has 3 N–H and O–H groups in total. The summed E-state index contributed by atoms with van der Waals surface area (Å²) in [7, 11) is 0. The van der Waals surface area contributed by atoms with Gasteiger partial charge in [0.25, 0.3) is 0 Å². The summed E-state index contributed by atoms with van der Waals surface area (Å²) in [5, 5.41) is 21.3. The van der Waals surface area contributed by atoms with E-state index in [-0.39, 0.29) is 13.0 Å². The lowest BCUT2D eigenvalue weighted by atomic mass is 10.2. The van der Waals surface area contributed by atoms with Crippen molar-refractivity contribution in [2.75, 3.05) is 11.9 Å². The molecule has 0 aliphatic carbocycles. The molecule has 88 valence electrons. The maximum absolute atomic E-state index is 10.3. The summed E-state index contributed by atoms with van der Waals surface area (Å²) in [6, 6.07) is 5.48. The van der Waals surface area contributed by atoms with Gasteiger partial charge in [-0.2, -0.15) is 0 Å². The number of rotatable bonds is 5. The molecule has 5 heteroatoms. The lowest BCUT2D eigenvalue weighted by molar-refractivity contribution is -0.138. The minimum atomic E-state index is -1.02. The van der Waals surface area contributed by atoms with E-state index in [0.29, 0.717) is 10.7 Å². The minimum absolute atomic E-state index is 0.162. The van der Waals surface area contributed by atoms with Crippen LogP contribution in [0, 0.1) is 6.92 Å². The van der Waals surface area contributed by atoms with Crippen LogP contribution in [0.4, 0.5) is 5.69 Å². The van der Waals surface area contributed by atoms with Crippen LogP contribution in [0.1, 0.15) is 12.0 Å². The van der Waals surface area contributed by atoms with Crippen molar-refractivity contribution in [1.29, 1.82) is 0 Å². The van der Waals surface area contributed by atoms with E-state index < -0.39 is 12.1 Å². The Bertz CT molecular complexity index is 381. The summed E-state index contributed by atoms with van der Waals surface area (Å²) in [5.41, 5.74) is 1.73. The standard InChI is InChI=1S/C11H14ClNO3/c1-7-2-3-10(9(12)4-7)13-6-8(14)5-11(15)16/h2-4,8,13-14H,5-6H2,1H3,(H,15,16). The Morgan fingerprint density at radius 2 is 2.25 bits per heavy atom. The first-order valence-electron chi connectivity index (χ1n) is 4.89. The number of aliphatic hydroxyl groups is 1. The number of nitrogens with one attached hydrogen (secondary N) is 1. The molecule has 0 radical (unpaired) electrons. The molecule has 0 amide bonds. The highest BCUT2D eigenvalue weighted by molar-refractivity contribution is 6.33. The maximum Gasteiger partial charge on any atom is 0.306 e. The summed E-state index contributed by atoms with van der Waals surface area (Å²) < 4.78 is 0. The molecule has 0 aliphatic rings. The first-order chi connectivity index (χ1) is 7.49. The third kappa shape index (κ3) is 4.08. The average Bonchev–Trinajstić information content (AvgIpc) is 2.15. The Balaban J connectivity index is 2.51. The van der Waals surface area contributed by atoms with Crippen LogP contribution in [0.25, 0.3) is 0 Å². The van der Waals surface area contributed by atoms with Gasteiger partial charge in [0.2, 0.25) is 0 Å². The van der Waals surface area contributed by atoms with Gasteiger partial charge in [-0.05, 0) is 24.6 Å². The van der Waals surface area contributed by atoms with Crippen LogP contribution in [0.3, 0.4) is 0 Å². The van der Waals surface area contributed by atoms with Gasteiger partial charge in [0.15, 0.2) is 0 Å². The second-order valence-corrected chi connectivity index (χ2v) is 4.02. The number of carboxylic acids is 1. The first-order valence-corrected chi connectivity index (χ1v) is 5.26. The molecule has 0 heterocycles. The van der Waals surface area contributed by atoms with Crippen molar-refractivity contribution in [2.24, 2.45) is 0 Å². The number of benzene rings is 1. The highest BCUT2D eigenvalue weighted by Crippen LogP contribution is 2.22. The molecule has 4 nitrogen and oxygen atoms in total. The van der Waals surface area contributed by atoms with Crippen molar-refractivity contribution in [1.82, 2.24) is 0 Å². The fourth-order valence-electron chi connectivity index (χ4n) is 1.27. The lowest BCUT2D eigenvalue weighted by Crippen LogP contribution is -2.22. The molecule has 0 bridgehead atoms. The van der Waals surface area contributed by atoms with Gasteiger partial charge in [0, 0.05) is 6.54 Å². The Kier molecular flexibility index (Phi) is 4.58. The van der Waals surface area contributed by atoms with Crippen molar-refractivity contribution >= 4 is 23.3 Å². The van der Waals surface area contributed by atoms with Gasteiger partial charge in [-0.25, -0.2) is 0 Å². The summed E-state index contributed by atoms with van der Waals surface area (Å²) in [5.74, 6) is -1.02. The monoisotopic (exact) mass is 243 g/mol. The van der Waals surface area contributed by atoms with Crippen molar-refractivity contribution in [3.8, 4) is 0 Å². The number of aliphatic hydroxyl groups excluding tert-OH is 1. The second-order valence-electron chi connectivity index (χ2n) is 3.62. The molecule has 0 spiro atoms. The van der Waals surface area contributed by atoms with Crippen molar-refractivity contribution in [3.63, 3.8) is 0 Å². The number of hydrogen-bond donors (Lipinski definition) is 3. The van der Waals surface area contributed by atoms with Gasteiger partial charge < -0.3 is 15.5 Å². The van der Waals surface area contributed by atoms with Crippen LogP contribution in [0.5, 0.6) is 0 Å². The highest BCUT2D eigenvalue weighted by atomic mass is 35.5. The van der Waals surface area contributed by atoms with Crippen LogP contribution < -0.4 is 5.32 Å². The highest BCUT2D eigenvalue weighted by Gasteiger charge is 2.09. The molecule has 1 atom stereocenters. The Hall–Kier alpha value is -1.26. The molecule has 0 fully saturated rings. The predicted molar refractivity (Wildman–Crippen MR) is 62.9 cm³/mol. The lowest BCUT2D eigenvalue weighted by Gasteiger charge is -2.12. The first kappa shape index (κ1) is 12.8. The van der Waals surface area contributed by atoms with E-state index in [0.717, 1.165) is 5.56 Å². The van der Waals surface area contributed by atoms with E-state index in [1.807, 2.05) is 13.0 Å². The molecular formula is C11H14ClNO3. The summed E-state index contributed by atoms with van der Waals surface area (Å²) in [6.45, 7) is 2.09. The average molecular weight is 244 g/mol. The number of aryl methyl sites for hydroxylation is 1. The largest absolute Gasteiger partial charge is 0.481 e. The molecule has 0 aromatic heterocycles. The Labute approximate surface area is 98.9 Å². The molecule has 0 saturated heterocycles. The molecule has 16 heavy (non-hydrogen) atoms. The van der Waals surface area contributed by atoms with Gasteiger partial charge >= 0.3 is 5.97 Å². The van der Waals surface area contributed by atoms with E-state index in [9.17, 15) is 9.90 Å². The summed E-state index contributed by atoms with van der Waals surface area (Å²) in [6.07, 6.45) is -1.20. The van der Waals surface area contributed by atoms with Crippen LogP contribution in [-0.4, -0.2) is 28.8 Å². The van der Waals surface area contributed by atoms with Crippen molar-refractivity contribution in [2.45, 2.75) is 19.4 Å². The minimum Gasteiger partial charge on any atom is -0.481 e. The molecule has 1 unspecified atom stereocenters. The van der Waals surface area contributed by atoms with Crippen LogP contribution in [-0.2, 0) is 4.79 Å². The third-order valence-corrected chi connectivity index (χ3v) is 2.38. The van der Waals surface area contributed by atoms with E-state index in [1.165, 1.54) is 0 Å². The van der Waals surface area contributed by atoms with Crippen LogP contribution in [0.2, 0.25) is 5.02 Å². The van der Waals surface area contributed by atoms with Crippen LogP contribution in [0.15, 0.2) is 18.2 Å². The Morgan fingerprint density at radius 3 is 2.81 bits per heavy atom. The van der Waals surface area contributed by atoms with Gasteiger partial charge in [-0.1, -0.05) is 17.7 Å². The number of carboxylic acid groups (broad SMARTS) is 1. The molecule has 0 aliphatic heterocycles. The zero-order valence-electron chi connectivity index (χ0n) is 8.90. The van der Waals surface area contributed by atoms with E-state index in [1.54, 1.807) is 12.1 Å². The molecule has 0 saturated carbocycles. The molecule has 1 aromatic rings. The van der Waals surface area contributed by atoms with E-state index in [2.05, 4.69) is 5.32 Å². The summed E-state index contributed by atoms with van der Waals surface area (Å²) in [4.78, 5) is 10.3. The number of hydrogen-bond acceptors (Lipinski definition) is 3. The quantitative estimate of drug-likeness (QED) is 0.739.